The number of aliphatic carboxylic acids is 1. The first-order chi connectivity index (χ1) is 8.43. The Morgan fingerprint density at radius 2 is 1.94 bits per heavy atom. The minimum atomic E-state index is -3.55. The number of carboxylic acid groups (broad SMARTS) is 1. The van der Waals surface area contributed by atoms with Gasteiger partial charge in [-0.05, 0) is 17.7 Å². The molecule has 0 unspecified atom stereocenters. The fourth-order valence-electron chi connectivity index (χ4n) is 1.26. The number of nitrogens with one attached hydrogen (secondary N) is 1. The van der Waals surface area contributed by atoms with Crippen molar-refractivity contribution in [1.82, 2.24) is 4.72 Å². The summed E-state index contributed by atoms with van der Waals surface area (Å²) in [6.07, 6.45) is -0.257. The second-order valence-electron chi connectivity index (χ2n) is 3.61. The molecule has 0 aliphatic carbocycles. The first-order valence-corrected chi connectivity index (χ1v) is 6.76. The second kappa shape index (κ2) is 6.14. The molecular weight excluding hydrogens is 256 g/mol. The van der Waals surface area contributed by atoms with E-state index in [-0.39, 0.29) is 18.7 Å². The smallest absolute Gasteiger partial charge is 0.304 e. The number of carboxylic acids is 1. The zero-order chi connectivity index (χ0) is 13.6. The number of carbonyl (C=O) groups is 1. The lowest BCUT2D eigenvalue weighted by molar-refractivity contribution is -0.136. The lowest BCUT2D eigenvalue weighted by Crippen LogP contribution is -2.27. The van der Waals surface area contributed by atoms with Gasteiger partial charge in [-0.3, -0.25) is 4.79 Å². The maximum Gasteiger partial charge on any atom is 0.304 e. The Hall–Kier alpha value is -1.91. The molecule has 1 aromatic rings. The van der Waals surface area contributed by atoms with Crippen LogP contribution in [0.3, 0.4) is 0 Å². The molecule has 0 spiro atoms. The molecule has 0 aliphatic rings. The van der Waals surface area contributed by atoms with E-state index in [4.69, 9.17) is 10.4 Å². The Kier molecular flexibility index (Phi) is 4.83. The molecule has 0 aliphatic heterocycles. The van der Waals surface area contributed by atoms with Crippen LogP contribution in [-0.4, -0.2) is 26.0 Å². The van der Waals surface area contributed by atoms with Crippen molar-refractivity contribution in [3.8, 4) is 6.07 Å². The van der Waals surface area contributed by atoms with E-state index in [0.29, 0.717) is 11.1 Å². The number of nitrogens with zero attached hydrogens (tertiary/aromatic N) is 1. The van der Waals surface area contributed by atoms with Crippen LogP contribution in [0.1, 0.15) is 17.5 Å². The van der Waals surface area contributed by atoms with Crippen LogP contribution in [0.5, 0.6) is 0 Å². The van der Waals surface area contributed by atoms with Gasteiger partial charge < -0.3 is 5.11 Å². The summed E-state index contributed by atoms with van der Waals surface area (Å²) in [6, 6.07) is 8.09. The molecule has 6 nitrogen and oxygen atoms in total. The summed E-state index contributed by atoms with van der Waals surface area (Å²) in [5.74, 6) is -1.30. The molecule has 0 amide bonds. The number of rotatable bonds is 6. The highest BCUT2D eigenvalue weighted by molar-refractivity contribution is 7.88. The highest BCUT2D eigenvalue weighted by atomic mass is 32.2. The number of hydrogen-bond acceptors (Lipinski definition) is 4. The van der Waals surface area contributed by atoms with E-state index in [9.17, 15) is 13.2 Å². The van der Waals surface area contributed by atoms with Gasteiger partial charge in [0.15, 0.2) is 0 Å². The first-order valence-electron chi connectivity index (χ1n) is 5.11. The quantitative estimate of drug-likeness (QED) is 0.779. The molecule has 1 rings (SSSR count). The summed E-state index contributed by atoms with van der Waals surface area (Å²) in [5, 5.41) is 17.0. The number of nitriles is 1. The molecular formula is C11H12N2O4S. The van der Waals surface area contributed by atoms with Crippen molar-refractivity contribution >= 4 is 16.0 Å². The van der Waals surface area contributed by atoms with Crippen molar-refractivity contribution in [3.05, 3.63) is 35.4 Å². The van der Waals surface area contributed by atoms with Crippen LogP contribution in [0.2, 0.25) is 0 Å². The average molecular weight is 268 g/mol. The van der Waals surface area contributed by atoms with Gasteiger partial charge in [0.05, 0.1) is 23.8 Å². The van der Waals surface area contributed by atoms with Crippen LogP contribution in [0.4, 0.5) is 0 Å². The van der Waals surface area contributed by atoms with Gasteiger partial charge in [-0.15, -0.1) is 0 Å². The van der Waals surface area contributed by atoms with E-state index in [0.717, 1.165) is 0 Å². The standard InChI is InChI=1S/C11H12N2O4S/c12-7-9-1-3-10(4-2-9)8-18(16,17)13-6-5-11(14)15/h1-4,13H,5-6,8H2,(H,14,15). The maximum atomic E-state index is 11.6. The molecule has 0 atom stereocenters. The van der Waals surface area contributed by atoms with Crippen LogP contribution in [0.25, 0.3) is 0 Å². The zero-order valence-corrected chi connectivity index (χ0v) is 10.3. The van der Waals surface area contributed by atoms with Gasteiger partial charge in [0, 0.05) is 6.54 Å². The SMILES string of the molecule is N#Cc1ccc(CS(=O)(=O)NCCC(=O)O)cc1. The molecule has 0 saturated carbocycles. The van der Waals surface area contributed by atoms with Crippen LogP contribution in [-0.2, 0) is 20.6 Å². The van der Waals surface area contributed by atoms with Crippen molar-refractivity contribution in [3.63, 3.8) is 0 Å². The third kappa shape index (κ3) is 4.95. The minimum absolute atomic E-state index is 0.131. The molecule has 0 fully saturated rings. The van der Waals surface area contributed by atoms with Crippen LogP contribution < -0.4 is 4.72 Å². The molecule has 0 bridgehead atoms. The van der Waals surface area contributed by atoms with Crippen LogP contribution in [0, 0.1) is 11.3 Å². The van der Waals surface area contributed by atoms with Gasteiger partial charge in [-0.2, -0.15) is 5.26 Å². The molecule has 1 aromatic carbocycles. The third-order valence-electron chi connectivity index (χ3n) is 2.10. The fraction of sp³-hybridized carbons (Fsp3) is 0.273. The Bertz CT molecular complexity index is 558. The summed E-state index contributed by atoms with van der Waals surface area (Å²) >= 11 is 0. The fourth-order valence-corrected chi connectivity index (χ4v) is 2.41. The normalized spacial score (nSPS) is 10.8. The predicted octanol–water partition coefficient (Wildman–Crippen LogP) is 0.452. The molecule has 7 heteroatoms. The van der Waals surface area contributed by atoms with Crippen molar-refractivity contribution in [2.45, 2.75) is 12.2 Å². The van der Waals surface area contributed by atoms with Crippen LogP contribution >= 0.6 is 0 Å². The summed E-state index contributed by atoms with van der Waals surface area (Å²) < 4.78 is 25.3. The van der Waals surface area contributed by atoms with E-state index < -0.39 is 16.0 Å². The molecule has 0 radical (unpaired) electrons. The van der Waals surface area contributed by atoms with Gasteiger partial charge in [-0.1, -0.05) is 12.1 Å². The predicted molar refractivity (Wildman–Crippen MR) is 64.0 cm³/mol. The topological polar surface area (TPSA) is 107 Å². The summed E-state index contributed by atoms with van der Waals surface area (Å²) in [7, 11) is -3.55. The van der Waals surface area contributed by atoms with E-state index in [1.165, 1.54) is 12.1 Å². The van der Waals surface area contributed by atoms with Gasteiger partial charge in [0.1, 0.15) is 0 Å². The summed E-state index contributed by atoms with van der Waals surface area (Å²) in [5.41, 5.74) is 0.992. The molecule has 0 aromatic heterocycles. The molecule has 18 heavy (non-hydrogen) atoms. The zero-order valence-electron chi connectivity index (χ0n) is 9.46. The van der Waals surface area contributed by atoms with Gasteiger partial charge in [0.2, 0.25) is 10.0 Å². The molecule has 96 valence electrons. The summed E-state index contributed by atoms with van der Waals surface area (Å²) in [6.45, 7) is -0.131. The highest BCUT2D eigenvalue weighted by Gasteiger charge is 2.11. The third-order valence-corrected chi connectivity index (χ3v) is 3.46. The van der Waals surface area contributed by atoms with Gasteiger partial charge in [-0.25, -0.2) is 13.1 Å². The Morgan fingerprint density at radius 3 is 2.44 bits per heavy atom. The summed E-state index contributed by atoms with van der Waals surface area (Å²) in [4.78, 5) is 10.2. The Labute approximate surface area is 105 Å². The Balaban J connectivity index is 2.59. The molecule has 2 N–H and O–H groups in total. The van der Waals surface area contributed by atoms with Crippen LogP contribution in [0.15, 0.2) is 24.3 Å². The number of hydrogen-bond donors (Lipinski definition) is 2. The van der Waals surface area contributed by atoms with Crippen molar-refractivity contribution in [2.24, 2.45) is 0 Å². The lowest BCUT2D eigenvalue weighted by atomic mass is 10.2. The second-order valence-corrected chi connectivity index (χ2v) is 5.41. The molecule has 0 heterocycles. The van der Waals surface area contributed by atoms with Gasteiger partial charge >= 0.3 is 5.97 Å². The number of sulfonamides is 1. The van der Waals surface area contributed by atoms with Crippen molar-refractivity contribution < 1.29 is 18.3 Å². The maximum absolute atomic E-state index is 11.6. The lowest BCUT2D eigenvalue weighted by Gasteiger charge is -2.05. The largest absolute Gasteiger partial charge is 0.481 e. The van der Waals surface area contributed by atoms with E-state index >= 15 is 0 Å². The number of benzene rings is 1. The van der Waals surface area contributed by atoms with Crippen molar-refractivity contribution in [2.75, 3.05) is 6.54 Å². The van der Waals surface area contributed by atoms with E-state index in [2.05, 4.69) is 4.72 Å². The van der Waals surface area contributed by atoms with E-state index in [1.807, 2.05) is 6.07 Å². The molecule has 0 saturated heterocycles. The van der Waals surface area contributed by atoms with Crippen molar-refractivity contribution in [1.29, 1.82) is 5.26 Å². The monoisotopic (exact) mass is 268 g/mol. The average Bonchev–Trinajstić information content (AvgIpc) is 2.28. The van der Waals surface area contributed by atoms with E-state index in [1.54, 1.807) is 12.1 Å². The highest BCUT2D eigenvalue weighted by Crippen LogP contribution is 2.07. The Morgan fingerprint density at radius 1 is 1.33 bits per heavy atom. The van der Waals surface area contributed by atoms with Gasteiger partial charge in [0.25, 0.3) is 0 Å². The minimum Gasteiger partial charge on any atom is -0.481 e. The first kappa shape index (κ1) is 14.2.